The fraction of sp³-hybridized carbons (Fsp3) is 0.235. The third-order valence-electron chi connectivity index (χ3n) is 3.49. The van der Waals surface area contributed by atoms with Crippen LogP contribution in [0.15, 0.2) is 53.0 Å². The van der Waals surface area contributed by atoms with Gasteiger partial charge in [-0.1, -0.05) is 28.1 Å². The number of anilines is 2. The van der Waals surface area contributed by atoms with E-state index in [9.17, 15) is 13.2 Å². The smallest absolute Gasteiger partial charge is 0.247 e. The molecule has 1 N–H and O–H groups in total. The van der Waals surface area contributed by atoms with Crippen LogP contribution in [0.25, 0.3) is 0 Å². The highest BCUT2D eigenvalue weighted by Gasteiger charge is 2.29. The van der Waals surface area contributed by atoms with Crippen LogP contribution in [0, 0.1) is 0 Å². The van der Waals surface area contributed by atoms with Gasteiger partial charge in [-0.2, -0.15) is 0 Å². The Morgan fingerprint density at radius 2 is 1.88 bits per heavy atom. The number of nitrogens with one attached hydrogen (secondary N) is 1. The van der Waals surface area contributed by atoms with E-state index in [0.717, 1.165) is 15.0 Å². The Morgan fingerprint density at radius 3 is 2.48 bits per heavy atom. The first-order valence-corrected chi connectivity index (χ1v) is 10.1. The van der Waals surface area contributed by atoms with Gasteiger partial charge < -0.3 is 10.1 Å². The highest BCUT2D eigenvalue weighted by molar-refractivity contribution is 9.10. The van der Waals surface area contributed by atoms with Crippen molar-refractivity contribution in [2.45, 2.75) is 13.0 Å². The van der Waals surface area contributed by atoms with E-state index in [0.29, 0.717) is 17.1 Å². The molecule has 0 bridgehead atoms. The number of carbonyl (C=O) groups is 1. The summed E-state index contributed by atoms with van der Waals surface area (Å²) in [5, 5.41) is 2.73. The van der Waals surface area contributed by atoms with Crippen molar-refractivity contribution in [1.82, 2.24) is 0 Å². The number of nitrogens with zero attached hydrogens (tertiary/aromatic N) is 1. The summed E-state index contributed by atoms with van der Waals surface area (Å²) < 4.78 is 31.6. The molecule has 0 aliphatic rings. The SMILES string of the molecule is COc1cccc(N([C@@H](C)C(=O)Nc2cccc(Br)c2)S(C)(=O)=O)c1. The highest BCUT2D eigenvalue weighted by atomic mass is 79.9. The Kier molecular flexibility index (Phi) is 6.07. The maximum Gasteiger partial charge on any atom is 0.247 e. The quantitative estimate of drug-likeness (QED) is 0.768. The van der Waals surface area contributed by atoms with Gasteiger partial charge in [-0.3, -0.25) is 9.10 Å². The van der Waals surface area contributed by atoms with Crippen LogP contribution in [0.4, 0.5) is 11.4 Å². The molecule has 0 aliphatic heterocycles. The largest absolute Gasteiger partial charge is 0.497 e. The lowest BCUT2D eigenvalue weighted by atomic mass is 10.2. The maximum atomic E-state index is 12.6. The van der Waals surface area contributed by atoms with Crippen LogP contribution in [-0.2, 0) is 14.8 Å². The summed E-state index contributed by atoms with van der Waals surface area (Å²) in [4.78, 5) is 12.6. The number of hydrogen-bond acceptors (Lipinski definition) is 4. The molecule has 25 heavy (non-hydrogen) atoms. The lowest BCUT2D eigenvalue weighted by molar-refractivity contribution is -0.116. The summed E-state index contributed by atoms with van der Waals surface area (Å²) >= 11 is 3.33. The molecule has 8 heteroatoms. The highest BCUT2D eigenvalue weighted by Crippen LogP contribution is 2.26. The van der Waals surface area contributed by atoms with Gasteiger partial charge in [0.2, 0.25) is 15.9 Å². The molecular formula is C17H19BrN2O4S. The fourth-order valence-electron chi connectivity index (χ4n) is 2.37. The summed E-state index contributed by atoms with van der Waals surface area (Å²) in [5.74, 6) is 0.0668. The average molecular weight is 427 g/mol. The molecule has 1 amide bonds. The number of amides is 1. The number of benzene rings is 2. The second kappa shape index (κ2) is 7.88. The van der Waals surface area contributed by atoms with Crippen molar-refractivity contribution in [2.24, 2.45) is 0 Å². The third kappa shape index (κ3) is 4.96. The standard InChI is InChI=1S/C17H19BrN2O4S/c1-12(17(21)19-14-7-4-6-13(18)10-14)20(25(3,22)23)15-8-5-9-16(11-15)24-2/h4-12H,1-3H3,(H,19,21)/t12-/m0/s1. The van der Waals surface area contributed by atoms with Gasteiger partial charge in [0, 0.05) is 16.2 Å². The Balaban J connectivity index is 2.32. The fourth-order valence-corrected chi connectivity index (χ4v) is 3.94. The molecule has 0 aliphatic carbocycles. The monoisotopic (exact) mass is 426 g/mol. The van der Waals surface area contributed by atoms with Crippen molar-refractivity contribution in [3.63, 3.8) is 0 Å². The molecule has 0 aromatic heterocycles. The molecule has 2 aromatic carbocycles. The molecule has 0 unspecified atom stereocenters. The van der Waals surface area contributed by atoms with Crippen LogP contribution in [0.3, 0.4) is 0 Å². The van der Waals surface area contributed by atoms with Crippen LogP contribution in [0.1, 0.15) is 6.92 Å². The topological polar surface area (TPSA) is 75.7 Å². The molecule has 0 saturated heterocycles. The zero-order valence-corrected chi connectivity index (χ0v) is 16.5. The van der Waals surface area contributed by atoms with Gasteiger partial charge in [0.05, 0.1) is 19.1 Å². The first-order valence-electron chi connectivity index (χ1n) is 7.42. The number of ether oxygens (including phenoxy) is 1. The molecule has 134 valence electrons. The minimum Gasteiger partial charge on any atom is -0.497 e. The van der Waals surface area contributed by atoms with E-state index in [1.807, 2.05) is 6.07 Å². The zero-order chi connectivity index (χ0) is 18.6. The maximum absolute atomic E-state index is 12.6. The van der Waals surface area contributed by atoms with E-state index in [1.54, 1.807) is 42.5 Å². The predicted octanol–water partition coefficient (Wildman–Crippen LogP) is 3.25. The van der Waals surface area contributed by atoms with Crippen molar-refractivity contribution in [1.29, 1.82) is 0 Å². The second-order valence-corrected chi connectivity index (χ2v) is 8.21. The summed E-state index contributed by atoms with van der Waals surface area (Å²) in [5.41, 5.74) is 0.934. The number of rotatable bonds is 6. The first kappa shape index (κ1) is 19.3. The molecule has 1 atom stereocenters. The Bertz CT molecular complexity index is 870. The van der Waals surface area contributed by atoms with Crippen molar-refractivity contribution < 1.29 is 17.9 Å². The summed E-state index contributed by atoms with van der Waals surface area (Å²) in [7, 11) is -2.19. The predicted molar refractivity (Wildman–Crippen MR) is 103 cm³/mol. The molecule has 0 fully saturated rings. The van der Waals surface area contributed by atoms with Crippen LogP contribution in [0.5, 0.6) is 5.75 Å². The number of hydrogen-bond donors (Lipinski definition) is 1. The lowest BCUT2D eigenvalue weighted by Gasteiger charge is -2.28. The number of carbonyl (C=O) groups excluding carboxylic acids is 1. The van der Waals surface area contributed by atoms with E-state index >= 15 is 0 Å². The van der Waals surface area contributed by atoms with Crippen LogP contribution < -0.4 is 14.4 Å². The van der Waals surface area contributed by atoms with E-state index in [-0.39, 0.29) is 0 Å². The average Bonchev–Trinajstić information content (AvgIpc) is 2.53. The zero-order valence-electron chi connectivity index (χ0n) is 14.1. The van der Waals surface area contributed by atoms with Gasteiger partial charge in [-0.25, -0.2) is 8.42 Å². The number of sulfonamides is 1. The van der Waals surface area contributed by atoms with Crippen molar-refractivity contribution in [2.75, 3.05) is 23.0 Å². The minimum absolute atomic E-state index is 0.360. The van der Waals surface area contributed by atoms with Crippen molar-refractivity contribution in [3.05, 3.63) is 53.0 Å². The van der Waals surface area contributed by atoms with Gasteiger partial charge >= 0.3 is 0 Å². The molecule has 2 rings (SSSR count). The number of methoxy groups -OCH3 is 1. The Morgan fingerprint density at radius 1 is 1.20 bits per heavy atom. The molecule has 0 spiro atoms. The van der Waals surface area contributed by atoms with E-state index in [1.165, 1.54) is 14.0 Å². The minimum atomic E-state index is -3.68. The van der Waals surface area contributed by atoms with Crippen molar-refractivity contribution >= 4 is 43.2 Å². The molecular weight excluding hydrogens is 408 g/mol. The molecule has 6 nitrogen and oxygen atoms in total. The van der Waals surface area contributed by atoms with E-state index < -0.39 is 22.0 Å². The molecule has 0 heterocycles. The molecule has 0 radical (unpaired) electrons. The summed E-state index contributed by atoms with van der Waals surface area (Å²) in [6.45, 7) is 1.54. The van der Waals surface area contributed by atoms with Crippen molar-refractivity contribution in [3.8, 4) is 5.75 Å². The van der Waals surface area contributed by atoms with Gasteiger partial charge in [-0.05, 0) is 37.3 Å². The van der Waals surface area contributed by atoms with Gasteiger partial charge in [-0.15, -0.1) is 0 Å². The summed E-state index contributed by atoms with van der Waals surface area (Å²) in [6, 6.07) is 12.7. The normalized spacial score (nSPS) is 12.3. The third-order valence-corrected chi connectivity index (χ3v) is 5.22. The van der Waals surface area contributed by atoms with Crippen LogP contribution in [-0.4, -0.2) is 33.7 Å². The lowest BCUT2D eigenvalue weighted by Crippen LogP contribution is -2.45. The van der Waals surface area contributed by atoms with Crippen LogP contribution in [0.2, 0.25) is 0 Å². The van der Waals surface area contributed by atoms with E-state index in [4.69, 9.17) is 4.74 Å². The van der Waals surface area contributed by atoms with Gasteiger partial charge in [0.15, 0.2) is 0 Å². The number of halogens is 1. The van der Waals surface area contributed by atoms with E-state index in [2.05, 4.69) is 21.2 Å². The van der Waals surface area contributed by atoms with Crippen LogP contribution >= 0.6 is 15.9 Å². The first-order chi connectivity index (χ1) is 11.7. The van der Waals surface area contributed by atoms with Gasteiger partial charge in [0.25, 0.3) is 0 Å². The molecule has 0 saturated carbocycles. The summed E-state index contributed by atoms with van der Waals surface area (Å²) in [6.07, 6.45) is 1.06. The Hall–Kier alpha value is -2.06. The Labute approximate surface area is 156 Å². The van der Waals surface area contributed by atoms with Gasteiger partial charge in [0.1, 0.15) is 11.8 Å². The molecule has 2 aromatic rings. The second-order valence-electron chi connectivity index (χ2n) is 5.44.